The largest absolute Gasteiger partial charge is 0.507 e. The molecular weight excluding hydrogens is 743 g/mol. The van der Waals surface area contributed by atoms with Crippen LogP contribution in [-0.2, 0) is 10.8 Å². The molecule has 0 aliphatic rings. The second kappa shape index (κ2) is 16.0. The van der Waals surface area contributed by atoms with Gasteiger partial charge in [0, 0.05) is 39.5 Å². The number of phenols is 1. The smallest absolute Gasteiger partial charge is 0.149 e. The number of fused-ring (bicyclic) bond motifs is 1. The average Bonchev–Trinajstić information content (AvgIpc) is 3.69. The Hall–Kier alpha value is -6.26. The third-order valence-corrected chi connectivity index (χ3v) is 11.5. The number of aromatic hydroxyl groups is 1. The van der Waals surface area contributed by atoms with E-state index < -0.39 is 32.8 Å². The highest BCUT2D eigenvalue weighted by atomic mass is 16.3. The van der Waals surface area contributed by atoms with Crippen molar-refractivity contribution in [2.24, 2.45) is 0 Å². The Morgan fingerprint density at radius 2 is 1.34 bits per heavy atom. The lowest BCUT2D eigenvalue weighted by atomic mass is 9.83. The van der Waals surface area contributed by atoms with Gasteiger partial charge in [-0.05, 0) is 134 Å². The minimum absolute atomic E-state index is 0.0214. The van der Waals surface area contributed by atoms with Crippen LogP contribution in [0.3, 0.4) is 0 Å². The van der Waals surface area contributed by atoms with E-state index in [1.165, 1.54) is 24.3 Å². The van der Waals surface area contributed by atoms with Gasteiger partial charge in [-0.3, -0.25) is 9.55 Å². The lowest BCUT2D eigenvalue weighted by Crippen LogP contribution is -2.11. The van der Waals surface area contributed by atoms with E-state index >= 15 is 0 Å². The van der Waals surface area contributed by atoms with Crippen molar-refractivity contribution in [1.29, 1.82) is 0 Å². The third-order valence-electron chi connectivity index (χ3n) is 11.5. The van der Waals surface area contributed by atoms with Gasteiger partial charge in [-0.1, -0.05) is 154 Å². The van der Waals surface area contributed by atoms with Crippen molar-refractivity contribution in [3.8, 4) is 67.5 Å². The SMILES string of the molecule is [2H]C([2H])([2H])c1cc(-n2c(-c3cc(C(C)C)cc(C(C)C)c3O)nc3c(-c4cc(-c5cc(-c6ccc(C(C([2H])([2H])[2H])(C([2H])([2H])[2H])C([2H])([2H])[2H])cc6)ccn5)cc(C(C)(C)C)c4)cccc32)ccc1-c1ccccc1. The Balaban J connectivity index is 1.34. The number of hydrogen-bond donors (Lipinski definition) is 1. The molecule has 1 N–H and O–H groups in total. The number of pyridine rings is 1. The Morgan fingerprint density at radius 1 is 0.590 bits per heavy atom. The van der Waals surface area contributed by atoms with Crippen molar-refractivity contribution < 1.29 is 21.6 Å². The van der Waals surface area contributed by atoms with Gasteiger partial charge >= 0.3 is 0 Å². The van der Waals surface area contributed by atoms with Gasteiger partial charge in [0.1, 0.15) is 11.6 Å². The summed E-state index contributed by atoms with van der Waals surface area (Å²) in [6, 6.07) is 40.3. The summed E-state index contributed by atoms with van der Waals surface area (Å²) in [5.74, 6) is 0.631. The van der Waals surface area contributed by atoms with Gasteiger partial charge in [0.15, 0.2) is 0 Å². The Bertz CT molecular complexity index is 3300. The molecule has 308 valence electrons. The molecule has 0 aliphatic carbocycles. The molecule has 2 aromatic heterocycles. The van der Waals surface area contributed by atoms with Gasteiger partial charge in [0.2, 0.25) is 0 Å². The number of aryl methyl sites for hydroxylation is 1. The van der Waals surface area contributed by atoms with Crippen LogP contribution >= 0.6 is 0 Å². The van der Waals surface area contributed by atoms with Crippen LogP contribution < -0.4 is 0 Å². The summed E-state index contributed by atoms with van der Waals surface area (Å²) in [7, 11) is 0. The lowest BCUT2D eigenvalue weighted by molar-refractivity contribution is 0.466. The Kier molecular flexibility index (Phi) is 7.61. The van der Waals surface area contributed by atoms with Crippen LogP contribution in [0.5, 0.6) is 5.75 Å². The van der Waals surface area contributed by atoms with Gasteiger partial charge < -0.3 is 5.11 Å². The first-order valence-electron chi connectivity index (χ1n) is 26.8. The molecule has 2 heterocycles. The number of benzene rings is 6. The first-order chi connectivity index (χ1) is 33.9. The van der Waals surface area contributed by atoms with Gasteiger partial charge in [-0.2, -0.15) is 0 Å². The minimum Gasteiger partial charge on any atom is -0.507 e. The number of rotatable bonds is 8. The highest BCUT2D eigenvalue weighted by molar-refractivity contribution is 5.97. The highest BCUT2D eigenvalue weighted by Gasteiger charge is 2.25. The molecule has 0 saturated heterocycles. The van der Waals surface area contributed by atoms with Crippen LogP contribution in [0.1, 0.15) is 125 Å². The van der Waals surface area contributed by atoms with E-state index in [0.717, 1.165) is 38.9 Å². The molecular formula is C57H59N3O. The van der Waals surface area contributed by atoms with Crippen LogP contribution in [0.25, 0.3) is 72.7 Å². The number of aromatic nitrogens is 3. The Labute approximate surface area is 379 Å². The zero-order valence-electron chi connectivity index (χ0n) is 47.7. The molecule has 61 heavy (non-hydrogen) atoms. The molecule has 0 fully saturated rings. The number of imidazole rings is 1. The highest BCUT2D eigenvalue weighted by Crippen LogP contribution is 2.43. The Morgan fingerprint density at radius 3 is 2.03 bits per heavy atom. The van der Waals surface area contributed by atoms with E-state index in [9.17, 15) is 5.11 Å². The number of phenolic OH excluding ortho intramolecular Hbond substituents is 1. The molecule has 8 aromatic rings. The molecule has 4 nitrogen and oxygen atoms in total. The standard InChI is InChI=1S/C57H59N3O/c1-35(2)41-32-49(36(3)4)54(61)50(33-41)55-59-53-48(18-15-19-52(53)60(55)46-24-25-47(37(5)28-46)39-16-13-12-14-17-39)42-29-43(31-45(30-42)57(9,10)11)51-34-40(26-27-58-51)38-20-22-44(23-21-38)56(6,7)8/h12-36,61H,1-11H3/i5D3,6D3,7D3,8D3. The minimum atomic E-state index is -3.38. The molecule has 0 unspecified atom stereocenters. The number of para-hydroxylation sites is 1. The monoisotopic (exact) mass is 814 g/mol. The molecule has 0 bridgehead atoms. The van der Waals surface area contributed by atoms with E-state index in [1.807, 2.05) is 103 Å². The zero-order valence-corrected chi connectivity index (χ0v) is 35.7. The van der Waals surface area contributed by atoms with Crippen molar-refractivity contribution in [1.82, 2.24) is 14.5 Å². The van der Waals surface area contributed by atoms with Crippen LogP contribution in [0, 0.1) is 6.85 Å². The van der Waals surface area contributed by atoms with Gasteiger partial charge in [-0.25, -0.2) is 4.98 Å². The van der Waals surface area contributed by atoms with Crippen molar-refractivity contribution in [3.05, 3.63) is 167 Å². The molecule has 4 heteroatoms. The van der Waals surface area contributed by atoms with Gasteiger partial charge in [-0.15, -0.1) is 0 Å². The molecule has 0 radical (unpaired) electrons. The van der Waals surface area contributed by atoms with Crippen LogP contribution in [0.15, 0.2) is 140 Å². The maximum absolute atomic E-state index is 12.2. The molecule has 0 atom stereocenters. The van der Waals surface area contributed by atoms with Crippen LogP contribution in [0.2, 0.25) is 0 Å². The third kappa shape index (κ3) is 8.16. The van der Waals surface area contributed by atoms with E-state index in [1.54, 1.807) is 18.3 Å². The maximum atomic E-state index is 12.2. The molecule has 0 aliphatic heterocycles. The van der Waals surface area contributed by atoms with E-state index in [-0.39, 0.29) is 34.1 Å². The normalized spacial score (nSPS) is 16.0. The summed E-state index contributed by atoms with van der Waals surface area (Å²) in [5.41, 5.74) is 7.09. The van der Waals surface area contributed by atoms with E-state index in [2.05, 4.69) is 46.8 Å². The van der Waals surface area contributed by atoms with Crippen LogP contribution in [-0.4, -0.2) is 19.6 Å². The lowest BCUT2D eigenvalue weighted by Gasteiger charge is -2.22. The fourth-order valence-corrected chi connectivity index (χ4v) is 7.98. The first kappa shape index (κ1) is 29.1. The van der Waals surface area contributed by atoms with Gasteiger partial charge in [0.25, 0.3) is 0 Å². The summed E-state index contributed by atoms with van der Waals surface area (Å²) in [5, 5.41) is 12.2. The summed E-state index contributed by atoms with van der Waals surface area (Å²) >= 11 is 0. The quantitative estimate of drug-likeness (QED) is 0.166. The van der Waals surface area contributed by atoms with Crippen molar-refractivity contribution in [2.75, 3.05) is 0 Å². The van der Waals surface area contributed by atoms with Crippen molar-refractivity contribution in [2.45, 2.75) is 98.5 Å². The maximum Gasteiger partial charge on any atom is 0.149 e. The second-order valence-corrected chi connectivity index (χ2v) is 17.7. The zero-order chi connectivity index (χ0) is 53.4. The summed E-state index contributed by atoms with van der Waals surface area (Å²) in [4.78, 5) is 10.2. The van der Waals surface area contributed by atoms with E-state index in [0.29, 0.717) is 50.5 Å². The van der Waals surface area contributed by atoms with E-state index in [4.69, 9.17) is 26.4 Å². The molecule has 0 spiro atoms. The van der Waals surface area contributed by atoms with Crippen molar-refractivity contribution in [3.63, 3.8) is 0 Å². The molecule has 0 saturated carbocycles. The molecule has 8 rings (SSSR count). The summed E-state index contributed by atoms with van der Waals surface area (Å²) in [6.07, 6.45) is 1.65. The van der Waals surface area contributed by atoms with Crippen molar-refractivity contribution >= 4 is 11.0 Å². The number of hydrogen-bond acceptors (Lipinski definition) is 3. The topological polar surface area (TPSA) is 50.9 Å². The van der Waals surface area contributed by atoms with Gasteiger partial charge in [0.05, 0.1) is 22.3 Å². The fraction of sp³-hybridized carbons (Fsp3) is 0.263. The predicted molar refractivity (Wildman–Crippen MR) is 258 cm³/mol. The number of nitrogens with zero attached hydrogens (tertiary/aromatic N) is 3. The first-order valence-corrected chi connectivity index (χ1v) is 20.8. The average molecular weight is 814 g/mol. The second-order valence-electron chi connectivity index (χ2n) is 17.7. The summed E-state index contributed by atoms with van der Waals surface area (Å²) in [6.45, 7) is 1.99. The molecule has 0 amide bonds. The summed E-state index contributed by atoms with van der Waals surface area (Å²) < 4.78 is 102. The fourth-order valence-electron chi connectivity index (χ4n) is 7.98. The predicted octanol–water partition coefficient (Wildman–Crippen LogP) is 15.6. The van der Waals surface area contributed by atoms with Crippen LogP contribution in [0.4, 0.5) is 0 Å². The molecule has 6 aromatic carbocycles.